The Balaban J connectivity index is 1.47. The molecule has 1 fully saturated rings. The van der Waals surface area contributed by atoms with Crippen molar-refractivity contribution in [3.8, 4) is 0 Å². The first-order chi connectivity index (χ1) is 16.8. The van der Waals surface area contributed by atoms with Gasteiger partial charge in [0.25, 0.3) is 11.8 Å². The Labute approximate surface area is 207 Å². The van der Waals surface area contributed by atoms with Crippen LogP contribution in [0.2, 0.25) is 0 Å². The quantitative estimate of drug-likeness (QED) is 0.244. The number of aromatic nitrogens is 1. The minimum Gasteiger partial charge on any atom is -0.343 e. The highest BCUT2D eigenvalue weighted by Crippen LogP contribution is 2.27. The van der Waals surface area contributed by atoms with Crippen LogP contribution in [0.3, 0.4) is 0 Å². The number of benzene rings is 3. The predicted molar refractivity (Wildman–Crippen MR) is 140 cm³/mol. The average molecular weight is 484 g/mol. The molecule has 1 N–H and O–H groups in total. The number of anilines is 1. The van der Waals surface area contributed by atoms with Gasteiger partial charge in [-0.25, -0.2) is 4.39 Å². The molecule has 0 aliphatic carbocycles. The number of carbonyl (C=O) groups excluding carboxylic acids is 2. The molecule has 2 amide bonds. The lowest BCUT2D eigenvalue weighted by Crippen LogP contribution is -2.54. The zero-order valence-corrected chi connectivity index (χ0v) is 20.0. The van der Waals surface area contributed by atoms with Crippen LogP contribution in [0.25, 0.3) is 17.0 Å². The van der Waals surface area contributed by atoms with Crippen LogP contribution >= 0.6 is 12.2 Å². The van der Waals surface area contributed by atoms with Crippen LogP contribution in [0.15, 0.2) is 78.5 Å². The topological polar surface area (TPSA) is 54.3 Å². The van der Waals surface area contributed by atoms with E-state index in [9.17, 15) is 14.0 Å². The molecule has 0 atom stereocenters. The van der Waals surface area contributed by atoms with Gasteiger partial charge in [-0.2, -0.15) is 0 Å². The molecule has 1 aliphatic rings. The van der Waals surface area contributed by atoms with E-state index < -0.39 is 11.8 Å². The summed E-state index contributed by atoms with van der Waals surface area (Å²) in [7, 11) is 0. The van der Waals surface area contributed by atoms with Crippen molar-refractivity contribution in [2.45, 2.75) is 20.4 Å². The number of nitrogens with zero attached hydrogens (tertiary/aromatic N) is 2. The van der Waals surface area contributed by atoms with Gasteiger partial charge in [-0.15, -0.1) is 0 Å². The summed E-state index contributed by atoms with van der Waals surface area (Å²) in [6, 6.07) is 19.9. The smallest absolute Gasteiger partial charge is 0.270 e. The van der Waals surface area contributed by atoms with E-state index >= 15 is 0 Å². The second-order valence-electron chi connectivity index (χ2n) is 8.64. The molecule has 4 aromatic rings. The van der Waals surface area contributed by atoms with Crippen molar-refractivity contribution in [1.82, 2.24) is 9.88 Å². The average Bonchev–Trinajstić information content (AvgIpc) is 3.20. The van der Waals surface area contributed by atoms with Crippen molar-refractivity contribution in [1.29, 1.82) is 0 Å². The summed E-state index contributed by atoms with van der Waals surface area (Å²) in [6.07, 6.45) is 3.52. The second-order valence-corrected chi connectivity index (χ2v) is 9.03. The molecule has 174 valence electrons. The van der Waals surface area contributed by atoms with Crippen LogP contribution in [0.1, 0.15) is 22.3 Å². The van der Waals surface area contributed by atoms with E-state index in [1.54, 1.807) is 12.1 Å². The largest absolute Gasteiger partial charge is 0.343 e. The fourth-order valence-corrected chi connectivity index (χ4v) is 4.65. The molecular formula is C28H22FN3O2S. The highest BCUT2D eigenvalue weighted by molar-refractivity contribution is 7.80. The Morgan fingerprint density at radius 2 is 1.83 bits per heavy atom. The maximum atomic E-state index is 13.6. The number of amides is 2. The zero-order valence-electron chi connectivity index (χ0n) is 19.2. The maximum absolute atomic E-state index is 13.6. The highest BCUT2D eigenvalue weighted by atomic mass is 32.1. The molecule has 1 saturated heterocycles. The first-order valence-electron chi connectivity index (χ1n) is 11.1. The lowest BCUT2D eigenvalue weighted by atomic mass is 10.0. The van der Waals surface area contributed by atoms with Gasteiger partial charge in [0.15, 0.2) is 5.11 Å². The van der Waals surface area contributed by atoms with Crippen LogP contribution in [0.5, 0.6) is 0 Å². The normalized spacial score (nSPS) is 15.2. The predicted octanol–water partition coefficient (Wildman–Crippen LogP) is 5.28. The number of hydrogen-bond donors (Lipinski definition) is 1. The summed E-state index contributed by atoms with van der Waals surface area (Å²) >= 11 is 5.32. The van der Waals surface area contributed by atoms with E-state index in [0.717, 1.165) is 27.6 Å². The minimum atomic E-state index is -0.523. The van der Waals surface area contributed by atoms with Crippen LogP contribution in [0.4, 0.5) is 10.1 Å². The number of rotatable bonds is 4. The summed E-state index contributed by atoms with van der Waals surface area (Å²) in [5.41, 5.74) is 5.15. The summed E-state index contributed by atoms with van der Waals surface area (Å²) in [5, 5.41) is 3.65. The molecule has 0 bridgehead atoms. The number of halogens is 1. The van der Waals surface area contributed by atoms with Crippen molar-refractivity contribution >= 4 is 51.8 Å². The summed E-state index contributed by atoms with van der Waals surface area (Å²) in [6.45, 7) is 4.41. The lowest BCUT2D eigenvalue weighted by molar-refractivity contribution is -0.122. The Kier molecular flexibility index (Phi) is 5.78. The number of fused-ring (bicyclic) bond motifs is 1. The van der Waals surface area contributed by atoms with E-state index in [1.807, 2.05) is 73.1 Å². The molecule has 35 heavy (non-hydrogen) atoms. The number of nitrogens with one attached hydrogen (secondary N) is 1. The Morgan fingerprint density at radius 3 is 2.60 bits per heavy atom. The molecule has 5 nitrogen and oxygen atoms in total. The lowest BCUT2D eigenvalue weighted by Gasteiger charge is -2.30. The molecular weight excluding hydrogens is 461 g/mol. The number of thiocarbonyl (C=S) groups is 1. The maximum Gasteiger partial charge on any atom is 0.270 e. The first kappa shape index (κ1) is 22.7. The molecule has 1 aliphatic heterocycles. The first-order valence-corrected chi connectivity index (χ1v) is 11.5. The standard InChI is InChI=1S/C28H22FN3O2S/c1-17-6-8-24(18(2)12-17)32-27(34)23(26(33)30-28(32)35)15-19-7-9-25-21(13-19)10-11-31(25)16-20-4-3-5-22(29)14-20/h3-15H,16H2,1-2H3,(H,30,33,35)/b23-15-. The molecule has 0 spiro atoms. The van der Waals surface area contributed by atoms with E-state index in [2.05, 4.69) is 5.32 Å². The van der Waals surface area contributed by atoms with E-state index in [1.165, 1.54) is 17.0 Å². The Morgan fingerprint density at radius 1 is 1.00 bits per heavy atom. The van der Waals surface area contributed by atoms with Crippen molar-refractivity contribution in [2.75, 3.05) is 4.90 Å². The molecule has 3 aromatic carbocycles. The molecule has 0 radical (unpaired) electrons. The van der Waals surface area contributed by atoms with Crippen LogP contribution in [-0.4, -0.2) is 21.5 Å². The highest BCUT2D eigenvalue weighted by Gasteiger charge is 2.35. The number of aryl methyl sites for hydroxylation is 2. The van der Waals surface area contributed by atoms with Crippen LogP contribution in [0, 0.1) is 19.7 Å². The van der Waals surface area contributed by atoms with Crippen molar-refractivity contribution < 1.29 is 14.0 Å². The van der Waals surface area contributed by atoms with Gasteiger partial charge in [0, 0.05) is 23.6 Å². The van der Waals surface area contributed by atoms with Gasteiger partial charge < -0.3 is 4.57 Å². The fourth-order valence-electron chi connectivity index (χ4n) is 4.38. The molecule has 2 heterocycles. The number of carbonyl (C=O) groups is 2. The third-order valence-corrected chi connectivity index (χ3v) is 6.33. The van der Waals surface area contributed by atoms with Gasteiger partial charge >= 0.3 is 0 Å². The third kappa shape index (κ3) is 4.38. The van der Waals surface area contributed by atoms with E-state index in [4.69, 9.17) is 12.2 Å². The molecule has 7 heteroatoms. The molecule has 1 aromatic heterocycles. The van der Waals surface area contributed by atoms with Crippen LogP contribution in [-0.2, 0) is 16.1 Å². The second kappa shape index (κ2) is 8.92. The van der Waals surface area contributed by atoms with Gasteiger partial charge in [0.05, 0.1) is 5.69 Å². The van der Waals surface area contributed by atoms with Crippen LogP contribution < -0.4 is 10.2 Å². The molecule has 5 rings (SSSR count). The van der Waals surface area contributed by atoms with E-state index in [-0.39, 0.29) is 16.5 Å². The SMILES string of the molecule is Cc1ccc(N2C(=O)/C(=C\c3ccc4c(ccn4Cc4cccc(F)c4)c3)C(=O)NC2=S)c(C)c1. The fraction of sp³-hybridized carbons (Fsp3) is 0.107. The summed E-state index contributed by atoms with van der Waals surface area (Å²) < 4.78 is 15.6. The Hall–Kier alpha value is -4.10. The van der Waals surface area contributed by atoms with Crippen molar-refractivity contribution in [3.05, 3.63) is 107 Å². The third-order valence-electron chi connectivity index (χ3n) is 6.04. The van der Waals surface area contributed by atoms with Gasteiger partial charge in [-0.3, -0.25) is 19.8 Å². The van der Waals surface area contributed by atoms with E-state index in [0.29, 0.717) is 17.8 Å². The van der Waals surface area contributed by atoms with Gasteiger partial charge in [0.1, 0.15) is 11.4 Å². The minimum absolute atomic E-state index is 0.0112. The number of hydrogen-bond acceptors (Lipinski definition) is 3. The van der Waals surface area contributed by atoms with Crippen molar-refractivity contribution in [2.24, 2.45) is 0 Å². The van der Waals surface area contributed by atoms with Gasteiger partial charge in [-0.05, 0) is 85.2 Å². The summed E-state index contributed by atoms with van der Waals surface area (Å²) in [5.74, 6) is -1.25. The summed E-state index contributed by atoms with van der Waals surface area (Å²) in [4.78, 5) is 27.4. The Bertz CT molecular complexity index is 1550. The zero-order chi connectivity index (χ0) is 24.7. The monoisotopic (exact) mass is 483 g/mol. The van der Waals surface area contributed by atoms with Gasteiger partial charge in [-0.1, -0.05) is 35.9 Å². The van der Waals surface area contributed by atoms with Crippen molar-refractivity contribution in [3.63, 3.8) is 0 Å². The molecule has 0 unspecified atom stereocenters. The molecule has 0 saturated carbocycles. The van der Waals surface area contributed by atoms with Gasteiger partial charge in [0.2, 0.25) is 0 Å².